The SMILES string of the molecule is CS(=O)(=O)[O-].N[n+]1ccccc1F. The lowest BCUT2D eigenvalue weighted by molar-refractivity contribution is -0.669. The summed E-state index contributed by atoms with van der Waals surface area (Å²) in [5.74, 6) is 4.62. The van der Waals surface area contributed by atoms with Gasteiger partial charge in [-0.15, -0.1) is 4.39 Å². The molecule has 0 spiro atoms. The van der Waals surface area contributed by atoms with Gasteiger partial charge in [-0.25, -0.2) is 14.3 Å². The average molecular weight is 208 g/mol. The molecule has 0 unspecified atom stereocenters. The van der Waals surface area contributed by atoms with Crippen molar-refractivity contribution in [3.8, 4) is 0 Å². The first-order valence-electron chi connectivity index (χ1n) is 3.13. The van der Waals surface area contributed by atoms with Crippen LogP contribution in [0.2, 0.25) is 0 Å². The van der Waals surface area contributed by atoms with Gasteiger partial charge < -0.3 is 4.55 Å². The Kier molecular flexibility index (Phi) is 4.29. The monoisotopic (exact) mass is 208 g/mol. The van der Waals surface area contributed by atoms with Gasteiger partial charge in [-0.1, -0.05) is 4.68 Å². The van der Waals surface area contributed by atoms with Crippen LogP contribution in [0, 0.1) is 5.95 Å². The number of nitrogen functional groups attached to an aromatic ring is 1. The lowest BCUT2D eigenvalue weighted by Crippen LogP contribution is -2.47. The number of halogens is 1. The van der Waals surface area contributed by atoms with Crippen molar-refractivity contribution >= 4 is 10.1 Å². The molecule has 0 radical (unpaired) electrons. The van der Waals surface area contributed by atoms with Crippen LogP contribution in [0.4, 0.5) is 4.39 Å². The maximum Gasteiger partial charge on any atom is 0.387 e. The quantitative estimate of drug-likeness (QED) is 0.256. The molecule has 0 fully saturated rings. The molecule has 5 nitrogen and oxygen atoms in total. The van der Waals surface area contributed by atoms with E-state index in [-0.39, 0.29) is 0 Å². The van der Waals surface area contributed by atoms with Crippen LogP contribution in [-0.4, -0.2) is 19.2 Å². The van der Waals surface area contributed by atoms with Crippen molar-refractivity contribution in [2.24, 2.45) is 0 Å². The Bertz CT molecular complexity index is 337. The molecule has 0 aliphatic rings. The van der Waals surface area contributed by atoms with Crippen LogP contribution in [0.3, 0.4) is 0 Å². The van der Waals surface area contributed by atoms with Crippen molar-refractivity contribution in [1.82, 2.24) is 0 Å². The van der Waals surface area contributed by atoms with Gasteiger partial charge >= 0.3 is 5.95 Å². The van der Waals surface area contributed by atoms with Crippen molar-refractivity contribution in [2.45, 2.75) is 0 Å². The molecule has 1 rings (SSSR count). The Morgan fingerprint density at radius 1 is 1.54 bits per heavy atom. The van der Waals surface area contributed by atoms with Crippen LogP contribution < -0.4 is 10.5 Å². The largest absolute Gasteiger partial charge is 0.748 e. The van der Waals surface area contributed by atoms with Crippen LogP contribution in [0.1, 0.15) is 0 Å². The molecule has 0 aliphatic carbocycles. The van der Waals surface area contributed by atoms with E-state index in [9.17, 15) is 4.39 Å². The van der Waals surface area contributed by atoms with E-state index in [0.29, 0.717) is 6.26 Å². The Balaban J connectivity index is 0.000000252. The fourth-order valence-electron chi connectivity index (χ4n) is 0.435. The molecular formula is C6H9FN2O3S. The van der Waals surface area contributed by atoms with Crippen LogP contribution in [-0.2, 0) is 10.1 Å². The summed E-state index contributed by atoms with van der Waals surface area (Å²) in [6.45, 7) is 0. The second-order valence-electron chi connectivity index (χ2n) is 2.13. The second-order valence-corrected chi connectivity index (χ2v) is 3.54. The molecule has 1 heterocycles. The molecule has 0 saturated carbocycles. The Morgan fingerprint density at radius 2 is 2.00 bits per heavy atom. The van der Waals surface area contributed by atoms with Crippen LogP contribution in [0.5, 0.6) is 0 Å². The molecule has 0 atom stereocenters. The van der Waals surface area contributed by atoms with Gasteiger partial charge in [-0.3, -0.25) is 0 Å². The summed E-state index contributed by atoms with van der Waals surface area (Å²) in [4.78, 5) is 0. The number of rotatable bonds is 0. The first-order chi connectivity index (χ1) is 5.80. The smallest absolute Gasteiger partial charge is 0.387 e. The predicted molar refractivity (Wildman–Crippen MR) is 42.4 cm³/mol. The topological polar surface area (TPSA) is 87.1 Å². The van der Waals surface area contributed by atoms with Crippen molar-refractivity contribution in [2.75, 3.05) is 12.1 Å². The number of nitrogens with two attached hydrogens (primary N) is 1. The highest BCUT2D eigenvalue weighted by Crippen LogP contribution is 1.82. The third-order valence-electron chi connectivity index (χ3n) is 0.838. The minimum absolute atomic E-state index is 0.437. The van der Waals surface area contributed by atoms with E-state index in [1.165, 1.54) is 12.3 Å². The van der Waals surface area contributed by atoms with E-state index >= 15 is 0 Å². The highest BCUT2D eigenvalue weighted by molar-refractivity contribution is 7.84. The van der Waals surface area contributed by atoms with Gasteiger partial charge in [0.1, 0.15) is 0 Å². The van der Waals surface area contributed by atoms with Crippen LogP contribution in [0.25, 0.3) is 0 Å². The zero-order valence-electron chi connectivity index (χ0n) is 6.84. The summed E-state index contributed by atoms with van der Waals surface area (Å²) >= 11 is 0. The first-order valence-corrected chi connectivity index (χ1v) is 4.94. The minimum Gasteiger partial charge on any atom is -0.748 e. The molecule has 0 bridgehead atoms. The van der Waals surface area contributed by atoms with Gasteiger partial charge in [0.25, 0.3) is 0 Å². The molecule has 0 aliphatic heterocycles. The standard InChI is InChI=1S/C5H6FN2.CH4O3S/c6-5-3-1-2-4-8(5)7;1-5(2,3)4/h1-4H,7H2;1H3,(H,2,3,4)/q+1;/p-1. The normalized spacial score (nSPS) is 10.1. The molecule has 1 aromatic heterocycles. The Labute approximate surface area is 75.3 Å². The van der Waals surface area contributed by atoms with Gasteiger partial charge in [-0.2, -0.15) is 0 Å². The number of nitrogens with zero attached hydrogens (tertiary/aromatic N) is 1. The lowest BCUT2D eigenvalue weighted by Gasteiger charge is -1.90. The zero-order chi connectivity index (χ0) is 10.5. The van der Waals surface area contributed by atoms with Crippen molar-refractivity contribution < 1.29 is 22.0 Å². The van der Waals surface area contributed by atoms with Gasteiger partial charge in [-0.05, 0) is 6.07 Å². The zero-order valence-corrected chi connectivity index (χ0v) is 7.66. The predicted octanol–water partition coefficient (Wildman–Crippen LogP) is -1.01. The molecular weight excluding hydrogens is 199 g/mol. The fraction of sp³-hybridized carbons (Fsp3) is 0.167. The number of aromatic nitrogens is 1. The van der Waals surface area contributed by atoms with Crippen LogP contribution >= 0.6 is 0 Å². The Morgan fingerprint density at radius 3 is 2.23 bits per heavy atom. The van der Waals surface area contributed by atoms with Gasteiger partial charge in [0, 0.05) is 18.4 Å². The van der Waals surface area contributed by atoms with E-state index < -0.39 is 16.1 Å². The third kappa shape index (κ3) is 8.70. The molecule has 1 aromatic rings. The average Bonchev–Trinajstić information content (AvgIpc) is 1.92. The minimum atomic E-state index is -3.92. The van der Waals surface area contributed by atoms with E-state index in [1.54, 1.807) is 12.1 Å². The van der Waals surface area contributed by atoms with Gasteiger partial charge in [0.05, 0.1) is 10.1 Å². The van der Waals surface area contributed by atoms with Crippen LogP contribution in [0.15, 0.2) is 24.4 Å². The highest BCUT2D eigenvalue weighted by Gasteiger charge is 1.99. The number of hydrogen-bond acceptors (Lipinski definition) is 4. The maximum atomic E-state index is 12.2. The summed E-state index contributed by atoms with van der Waals surface area (Å²) in [7, 11) is -3.92. The summed E-state index contributed by atoms with van der Waals surface area (Å²) in [5.41, 5.74) is 0. The number of hydrogen-bond donors (Lipinski definition) is 1. The molecule has 74 valence electrons. The molecule has 0 aromatic carbocycles. The van der Waals surface area contributed by atoms with Crippen molar-refractivity contribution in [3.63, 3.8) is 0 Å². The van der Waals surface area contributed by atoms with Gasteiger partial charge in [0.15, 0.2) is 0 Å². The van der Waals surface area contributed by atoms with Gasteiger partial charge in [0.2, 0.25) is 6.20 Å². The summed E-state index contributed by atoms with van der Waals surface area (Å²) < 4.78 is 40.3. The van der Waals surface area contributed by atoms with Crippen molar-refractivity contribution in [1.29, 1.82) is 0 Å². The second kappa shape index (κ2) is 4.73. The molecule has 13 heavy (non-hydrogen) atoms. The Hall–Kier alpha value is -1.21. The molecule has 0 saturated heterocycles. The summed E-state index contributed by atoms with van der Waals surface area (Å²) in [6, 6.07) is 4.53. The maximum absolute atomic E-state index is 12.2. The summed E-state index contributed by atoms with van der Waals surface area (Å²) in [6.07, 6.45) is 2.04. The molecule has 7 heteroatoms. The lowest BCUT2D eigenvalue weighted by atomic mass is 10.5. The highest BCUT2D eigenvalue weighted by atomic mass is 32.2. The van der Waals surface area contributed by atoms with E-state index in [2.05, 4.69) is 0 Å². The molecule has 0 amide bonds. The number of pyridine rings is 1. The first kappa shape index (κ1) is 11.8. The third-order valence-corrected chi connectivity index (χ3v) is 0.838. The van der Waals surface area contributed by atoms with E-state index in [4.69, 9.17) is 18.8 Å². The van der Waals surface area contributed by atoms with E-state index in [0.717, 1.165) is 4.68 Å². The fourth-order valence-corrected chi connectivity index (χ4v) is 0.435. The van der Waals surface area contributed by atoms with Crippen molar-refractivity contribution in [3.05, 3.63) is 30.3 Å². The summed E-state index contributed by atoms with van der Waals surface area (Å²) in [5, 5.41) is 0. The molecule has 2 N–H and O–H groups in total. The van der Waals surface area contributed by atoms with E-state index in [1.807, 2.05) is 0 Å².